The van der Waals surface area contributed by atoms with E-state index in [2.05, 4.69) is 9.71 Å². The first-order valence-corrected chi connectivity index (χ1v) is 9.47. The van der Waals surface area contributed by atoms with Crippen molar-refractivity contribution in [2.24, 2.45) is 0 Å². The van der Waals surface area contributed by atoms with Gasteiger partial charge in [0.1, 0.15) is 5.60 Å². The second-order valence-corrected chi connectivity index (χ2v) is 7.83. The summed E-state index contributed by atoms with van der Waals surface area (Å²) in [6.45, 7) is 5.55. The van der Waals surface area contributed by atoms with Crippen LogP contribution in [0.3, 0.4) is 0 Å². The molecule has 0 aliphatic heterocycles. The Morgan fingerprint density at radius 2 is 1.93 bits per heavy atom. The number of ether oxygens (including phenoxy) is 1. The molecule has 2 N–H and O–H groups in total. The Labute approximate surface area is 159 Å². The average Bonchev–Trinajstić information content (AvgIpc) is 2.97. The highest BCUT2D eigenvalue weighted by Crippen LogP contribution is 2.28. The summed E-state index contributed by atoms with van der Waals surface area (Å²) < 4.78 is 29.4. The summed E-state index contributed by atoms with van der Waals surface area (Å²) in [5.74, 6) is 0. The molecule has 3 rings (SSSR count). The number of benzene rings is 1. The van der Waals surface area contributed by atoms with Crippen molar-refractivity contribution in [3.05, 3.63) is 54.5 Å². The molecule has 0 saturated carbocycles. The monoisotopic (exact) mass is 387 g/mol. The third-order valence-corrected chi connectivity index (χ3v) is 4.27. The van der Waals surface area contributed by atoms with Gasteiger partial charge in [0.2, 0.25) is 11.3 Å². The standard InChI is InChI=1S/C19H21N3O4S/c1-19(2,3)26-18(23)22-12-15(11-21-27(24)25)16-5-4-14(10-17(16)22)13-6-8-20-9-7-13/h4-10,12,21H,11H2,1-3H3,(H,24,25). The summed E-state index contributed by atoms with van der Waals surface area (Å²) >= 11 is -2.14. The quantitative estimate of drug-likeness (QED) is 0.666. The van der Waals surface area contributed by atoms with E-state index < -0.39 is 23.0 Å². The molecular weight excluding hydrogens is 366 g/mol. The first kappa shape index (κ1) is 19.2. The lowest BCUT2D eigenvalue weighted by Gasteiger charge is -2.19. The molecule has 2 aromatic heterocycles. The second-order valence-electron chi connectivity index (χ2n) is 7.04. The van der Waals surface area contributed by atoms with Gasteiger partial charge in [-0.15, -0.1) is 0 Å². The van der Waals surface area contributed by atoms with Crippen molar-refractivity contribution >= 4 is 28.3 Å². The summed E-state index contributed by atoms with van der Waals surface area (Å²) in [7, 11) is 0. The molecule has 1 atom stereocenters. The molecule has 8 heteroatoms. The van der Waals surface area contributed by atoms with Gasteiger partial charge in [-0.1, -0.05) is 12.1 Å². The topological polar surface area (TPSA) is 93.5 Å². The number of pyridine rings is 1. The number of aromatic nitrogens is 2. The Balaban J connectivity index is 2.10. The minimum atomic E-state index is -2.14. The lowest BCUT2D eigenvalue weighted by atomic mass is 10.0. The van der Waals surface area contributed by atoms with Crippen LogP contribution in [0.2, 0.25) is 0 Å². The van der Waals surface area contributed by atoms with Crippen LogP contribution >= 0.6 is 0 Å². The van der Waals surface area contributed by atoms with Gasteiger partial charge in [-0.3, -0.25) is 14.1 Å². The average molecular weight is 387 g/mol. The van der Waals surface area contributed by atoms with Crippen molar-refractivity contribution in [3.63, 3.8) is 0 Å². The molecule has 0 fully saturated rings. The molecule has 0 aliphatic carbocycles. The van der Waals surface area contributed by atoms with E-state index >= 15 is 0 Å². The molecule has 0 aliphatic rings. The van der Waals surface area contributed by atoms with Crippen LogP contribution in [0, 0.1) is 0 Å². The number of fused-ring (bicyclic) bond motifs is 1. The van der Waals surface area contributed by atoms with Crippen LogP contribution in [0.1, 0.15) is 26.3 Å². The lowest BCUT2D eigenvalue weighted by molar-refractivity contribution is 0.0544. The zero-order chi connectivity index (χ0) is 19.6. The van der Waals surface area contributed by atoms with Crippen LogP contribution in [-0.2, 0) is 22.5 Å². The van der Waals surface area contributed by atoms with Gasteiger partial charge in [0, 0.05) is 30.5 Å². The molecule has 27 heavy (non-hydrogen) atoms. The first-order chi connectivity index (χ1) is 12.7. The molecule has 0 radical (unpaired) electrons. The van der Waals surface area contributed by atoms with E-state index in [4.69, 9.17) is 9.29 Å². The lowest BCUT2D eigenvalue weighted by Crippen LogP contribution is -2.26. The minimum Gasteiger partial charge on any atom is -0.443 e. The fourth-order valence-electron chi connectivity index (χ4n) is 2.76. The molecule has 0 saturated heterocycles. The predicted octanol–water partition coefficient (Wildman–Crippen LogP) is 3.71. The number of hydrogen-bond donors (Lipinski definition) is 2. The summed E-state index contributed by atoms with van der Waals surface area (Å²) in [4.78, 5) is 16.7. The largest absolute Gasteiger partial charge is 0.443 e. The van der Waals surface area contributed by atoms with Gasteiger partial charge >= 0.3 is 6.09 Å². The zero-order valence-electron chi connectivity index (χ0n) is 15.3. The highest BCUT2D eigenvalue weighted by atomic mass is 32.2. The molecule has 2 heterocycles. The van der Waals surface area contributed by atoms with Gasteiger partial charge in [0.25, 0.3) is 0 Å². The number of rotatable bonds is 4. The van der Waals surface area contributed by atoms with E-state index in [1.807, 2.05) is 30.3 Å². The van der Waals surface area contributed by atoms with Crippen LogP contribution in [0.4, 0.5) is 4.79 Å². The van der Waals surface area contributed by atoms with E-state index in [0.29, 0.717) is 5.52 Å². The van der Waals surface area contributed by atoms with Crippen LogP contribution in [-0.4, -0.2) is 30.0 Å². The van der Waals surface area contributed by atoms with Crippen molar-refractivity contribution in [2.45, 2.75) is 32.9 Å². The fraction of sp³-hybridized carbons (Fsp3) is 0.263. The Hall–Kier alpha value is -2.55. The van der Waals surface area contributed by atoms with Gasteiger partial charge < -0.3 is 4.74 Å². The van der Waals surface area contributed by atoms with Crippen molar-refractivity contribution in [1.29, 1.82) is 0 Å². The number of carbonyl (C=O) groups excluding carboxylic acids is 1. The fourth-order valence-corrected chi connectivity index (χ4v) is 3.04. The minimum absolute atomic E-state index is 0.143. The predicted molar refractivity (Wildman–Crippen MR) is 104 cm³/mol. The summed E-state index contributed by atoms with van der Waals surface area (Å²) in [5, 5.41) is 0.802. The Morgan fingerprint density at radius 3 is 2.56 bits per heavy atom. The molecular formula is C19H21N3O4S. The van der Waals surface area contributed by atoms with Crippen molar-refractivity contribution in [1.82, 2.24) is 14.3 Å². The van der Waals surface area contributed by atoms with Crippen molar-refractivity contribution in [2.75, 3.05) is 0 Å². The van der Waals surface area contributed by atoms with E-state index in [0.717, 1.165) is 22.1 Å². The highest BCUT2D eigenvalue weighted by molar-refractivity contribution is 7.77. The van der Waals surface area contributed by atoms with Gasteiger partial charge in [0.15, 0.2) is 0 Å². The molecule has 142 valence electrons. The van der Waals surface area contributed by atoms with Gasteiger partial charge in [0.05, 0.1) is 5.52 Å². The van der Waals surface area contributed by atoms with Gasteiger partial charge in [-0.2, -0.15) is 0 Å². The molecule has 7 nitrogen and oxygen atoms in total. The van der Waals surface area contributed by atoms with E-state index in [1.165, 1.54) is 4.57 Å². The van der Waals surface area contributed by atoms with Gasteiger partial charge in [-0.25, -0.2) is 13.7 Å². The van der Waals surface area contributed by atoms with E-state index in [1.54, 1.807) is 39.4 Å². The smallest absolute Gasteiger partial charge is 0.419 e. The third kappa shape index (κ3) is 4.60. The number of carbonyl (C=O) groups is 1. The maximum absolute atomic E-state index is 12.7. The van der Waals surface area contributed by atoms with Crippen molar-refractivity contribution in [3.8, 4) is 11.1 Å². The number of nitrogens with one attached hydrogen (secondary N) is 1. The maximum atomic E-state index is 12.7. The normalized spacial score (nSPS) is 12.9. The SMILES string of the molecule is CC(C)(C)OC(=O)n1cc(CNS(=O)O)c2ccc(-c3ccncc3)cc21. The Morgan fingerprint density at radius 1 is 1.22 bits per heavy atom. The zero-order valence-corrected chi connectivity index (χ0v) is 16.1. The molecule has 1 unspecified atom stereocenters. The van der Waals surface area contributed by atoms with Crippen LogP contribution < -0.4 is 4.72 Å². The van der Waals surface area contributed by atoms with Crippen LogP contribution in [0.15, 0.2) is 48.9 Å². The molecule has 3 aromatic rings. The highest BCUT2D eigenvalue weighted by Gasteiger charge is 2.21. The summed E-state index contributed by atoms with van der Waals surface area (Å²) in [5.41, 5.74) is 2.65. The third-order valence-electron chi connectivity index (χ3n) is 3.88. The van der Waals surface area contributed by atoms with Crippen LogP contribution in [0.25, 0.3) is 22.0 Å². The summed E-state index contributed by atoms with van der Waals surface area (Å²) in [6, 6.07) is 9.51. The maximum Gasteiger partial charge on any atom is 0.419 e. The number of hydrogen-bond acceptors (Lipinski definition) is 4. The molecule has 0 bridgehead atoms. The van der Waals surface area contributed by atoms with Gasteiger partial charge in [-0.05, 0) is 55.7 Å². The second kappa shape index (κ2) is 7.59. The van der Waals surface area contributed by atoms with Crippen molar-refractivity contribution < 1.29 is 18.3 Å². The molecule has 0 spiro atoms. The molecule has 1 aromatic carbocycles. The molecule has 0 amide bonds. The Bertz CT molecular complexity index is 993. The van der Waals surface area contributed by atoms with Crippen LogP contribution in [0.5, 0.6) is 0 Å². The Kier molecular flexibility index (Phi) is 5.41. The first-order valence-electron chi connectivity index (χ1n) is 8.37. The van der Waals surface area contributed by atoms with E-state index in [-0.39, 0.29) is 6.54 Å². The van der Waals surface area contributed by atoms with E-state index in [9.17, 15) is 9.00 Å². The summed E-state index contributed by atoms with van der Waals surface area (Å²) in [6.07, 6.45) is 4.54. The number of nitrogens with zero attached hydrogens (tertiary/aromatic N) is 2.